The van der Waals surface area contributed by atoms with E-state index in [1.54, 1.807) is 5.43 Å². The van der Waals surface area contributed by atoms with Crippen molar-refractivity contribution in [3.05, 3.63) is 73.8 Å². The Hall–Kier alpha value is -4.26. The summed E-state index contributed by atoms with van der Waals surface area (Å²) in [6, 6.07) is 6.66. The molecule has 0 saturated carbocycles. The van der Waals surface area contributed by atoms with E-state index in [2.05, 4.69) is 0 Å². The molecule has 13 heteroatoms. The van der Waals surface area contributed by atoms with Crippen LogP contribution < -0.4 is 15.9 Å². The predicted octanol–water partition coefficient (Wildman–Crippen LogP) is 0.553. The molecule has 0 aromatic heterocycles. The Morgan fingerprint density at radius 2 is 1.68 bits per heavy atom. The molecule has 2 aromatic carbocycles. The lowest BCUT2D eigenvalue weighted by atomic mass is 10.1. The lowest BCUT2D eigenvalue weighted by molar-refractivity contribution is -0.548. The number of hydrazine groups is 1. The zero-order valence-corrected chi connectivity index (χ0v) is 15.8. The van der Waals surface area contributed by atoms with Crippen LogP contribution in [0.2, 0.25) is 0 Å². The number of nitro benzene ring substituents is 1. The molecule has 2 aromatic rings. The summed E-state index contributed by atoms with van der Waals surface area (Å²) < 4.78 is 5.13. The second-order valence-electron chi connectivity index (χ2n) is 6.44. The number of esters is 1. The third-order valence-electron chi connectivity index (χ3n) is 4.14. The highest BCUT2D eigenvalue weighted by molar-refractivity contribution is 5.78. The van der Waals surface area contributed by atoms with Crippen LogP contribution in [0.3, 0.4) is 0 Å². The Morgan fingerprint density at radius 1 is 1.06 bits per heavy atom. The zero-order chi connectivity index (χ0) is 23.1. The normalized spacial score (nSPS) is 12.4. The number of carboxylic acids is 1. The van der Waals surface area contributed by atoms with Gasteiger partial charge in [-0.1, -0.05) is 18.2 Å². The summed E-state index contributed by atoms with van der Waals surface area (Å²) in [5, 5.41) is 38.8. The summed E-state index contributed by atoms with van der Waals surface area (Å²) in [7, 11) is 0. The van der Waals surface area contributed by atoms with Crippen molar-refractivity contribution in [1.29, 1.82) is 0 Å². The van der Waals surface area contributed by atoms with Crippen LogP contribution in [0.5, 0.6) is 11.5 Å². The molecule has 0 amide bonds. The average molecular weight is 434 g/mol. The molecule has 0 aliphatic rings. The van der Waals surface area contributed by atoms with E-state index in [0.717, 1.165) is 12.1 Å². The number of nitrogens with one attached hydrogen (secondary N) is 1. The molecule has 2 rings (SSSR count). The number of nitrogens with two attached hydrogens (primary N) is 1. The van der Waals surface area contributed by atoms with Crippen LogP contribution in [0.15, 0.2) is 42.5 Å². The van der Waals surface area contributed by atoms with Gasteiger partial charge in [0.1, 0.15) is 11.8 Å². The molecule has 31 heavy (non-hydrogen) atoms. The molecule has 0 radical (unpaired) electrons. The number of carbonyl (C=O) groups is 2. The van der Waals surface area contributed by atoms with Crippen molar-refractivity contribution < 1.29 is 34.5 Å². The Bertz CT molecular complexity index is 994. The number of hydrogen-bond acceptors (Lipinski definition) is 9. The first-order valence-corrected chi connectivity index (χ1v) is 8.72. The maximum absolute atomic E-state index is 12.2. The van der Waals surface area contributed by atoms with Gasteiger partial charge in [-0.05, 0) is 35.7 Å². The molecule has 13 nitrogen and oxygen atoms in total. The topological polar surface area (TPSA) is 208 Å². The van der Waals surface area contributed by atoms with Crippen molar-refractivity contribution in [2.75, 3.05) is 0 Å². The van der Waals surface area contributed by atoms with Crippen molar-refractivity contribution >= 4 is 17.6 Å². The lowest BCUT2D eigenvalue weighted by Gasteiger charge is -2.12. The summed E-state index contributed by atoms with van der Waals surface area (Å²) in [4.78, 5) is 43.8. The summed E-state index contributed by atoms with van der Waals surface area (Å²) >= 11 is 0. The molecule has 0 saturated heterocycles. The van der Waals surface area contributed by atoms with Gasteiger partial charge in [-0.15, -0.1) is 5.43 Å². The van der Waals surface area contributed by atoms with Gasteiger partial charge < -0.3 is 20.7 Å². The fourth-order valence-corrected chi connectivity index (χ4v) is 2.62. The van der Waals surface area contributed by atoms with Crippen molar-refractivity contribution in [2.45, 2.75) is 24.9 Å². The number of rotatable bonds is 10. The van der Waals surface area contributed by atoms with Gasteiger partial charge in [0.05, 0.1) is 4.92 Å². The molecular weight excluding hydrogens is 416 g/mol. The Labute approximate surface area is 174 Å². The molecule has 2 atom stereocenters. The fraction of sp³-hybridized carbons (Fsp3) is 0.222. The third-order valence-corrected chi connectivity index (χ3v) is 4.14. The highest BCUT2D eigenvalue weighted by Gasteiger charge is 2.23. The van der Waals surface area contributed by atoms with Gasteiger partial charge in [0.25, 0.3) is 0 Å². The first kappa shape index (κ1) is 23.0. The molecule has 164 valence electrons. The van der Waals surface area contributed by atoms with Gasteiger partial charge in [-0.2, -0.15) is 0 Å². The van der Waals surface area contributed by atoms with Crippen LogP contribution in [-0.2, 0) is 22.4 Å². The van der Waals surface area contributed by atoms with Gasteiger partial charge in [0.15, 0.2) is 16.8 Å². The maximum atomic E-state index is 12.2. The van der Waals surface area contributed by atoms with E-state index >= 15 is 0 Å². The van der Waals surface area contributed by atoms with E-state index < -0.39 is 45.4 Å². The molecular formula is C18H18N4O9. The molecule has 5 N–H and O–H groups in total. The summed E-state index contributed by atoms with van der Waals surface area (Å²) in [5.41, 5.74) is 7.76. The molecule has 0 spiro atoms. The lowest BCUT2D eigenvalue weighted by Crippen LogP contribution is -2.41. The number of aromatic hydroxyl groups is 1. The number of benzene rings is 2. The van der Waals surface area contributed by atoms with Crippen LogP contribution in [0.25, 0.3) is 0 Å². The van der Waals surface area contributed by atoms with E-state index in [-0.39, 0.29) is 18.6 Å². The maximum Gasteiger partial charge on any atom is 0.332 e. The summed E-state index contributed by atoms with van der Waals surface area (Å²) in [6.07, 6.45) is -0.255. The Morgan fingerprint density at radius 3 is 2.23 bits per heavy atom. The Kier molecular flexibility index (Phi) is 7.41. The number of nitrogens with zero attached hydrogens (tertiary/aromatic N) is 2. The summed E-state index contributed by atoms with van der Waals surface area (Å²) in [6.45, 7) is 0. The van der Waals surface area contributed by atoms with E-state index in [4.69, 9.17) is 15.6 Å². The van der Waals surface area contributed by atoms with Crippen molar-refractivity contribution in [3.8, 4) is 11.5 Å². The first-order chi connectivity index (χ1) is 14.6. The number of carbonyl (C=O) groups excluding carboxylic acids is 1. The van der Waals surface area contributed by atoms with E-state index in [9.17, 15) is 34.9 Å². The molecule has 0 unspecified atom stereocenters. The molecule has 0 bridgehead atoms. The standard InChI is InChI=1S/C18H18N4O9/c19-13(7-11-3-6-16(23)15(9-11)21(27)28)18(26)31-12-4-1-10(2-5-12)8-14(17(24)25)20-22(29)30/h1-6,9,13-14,20,23H,7-8,19H2,(H,24,25)/t13-,14-/m0/s1. The van der Waals surface area contributed by atoms with Crippen molar-refractivity contribution in [3.63, 3.8) is 0 Å². The number of ether oxygens (including phenoxy) is 1. The van der Waals surface area contributed by atoms with Gasteiger partial charge in [0, 0.05) is 12.5 Å². The highest BCUT2D eigenvalue weighted by Crippen LogP contribution is 2.26. The van der Waals surface area contributed by atoms with E-state index in [1.807, 2.05) is 0 Å². The monoisotopic (exact) mass is 434 g/mol. The molecule has 0 aliphatic carbocycles. The minimum Gasteiger partial charge on any atom is -0.502 e. The number of hydrogen-bond donors (Lipinski definition) is 4. The molecule has 0 heterocycles. The van der Waals surface area contributed by atoms with E-state index in [1.165, 1.54) is 30.3 Å². The SMILES string of the molecule is N[C@@H](Cc1ccc(O)c([N+](=O)[O-])c1)C(=O)Oc1ccc(C[C@H](N[N+](=O)[O-])C(=O)O)cc1. The second-order valence-corrected chi connectivity index (χ2v) is 6.44. The second kappa shape index (κ2) is 9.98. The first-order valence-electron chi connectivity index (χ1n) is 8.72. The van der Waals surface area contributed by atoms with Gasteiger partial charge in [-0.3, -0.25) is 10.1 Å². The number of nitro groups is 2. The highest BCUT2D eigenvalue weighted by atomic mass is 16.7. The quantitative estimate of drug-likeness (QED) is 0.176. The Balaban J connectivity index is 1.99. The van der Waals surface area contributed by atoms with Gasteiger partial charge in [-0.25, -0.2) is 19.7 Å². The van der Waals surface area contributed by atoms with Crippen LogP contribution in [-0.4, -0.2) is 44.2 Å². The molecule has 0 aliphatic heterocycles. The summed E-state index contributed by atoms with van der Waals surface area (Å²) in [5.74, 6) is -2.62. The minimum atomic E-state index is -1.44. The third kappa shape index (κ3) is 6.64. The predicted molar refractivity (Wildman–Crippen MR) is 104 cm³/mol. The van der Waals surface area contributed by atoms with Gasteiger partial charge in [0.2, 0.25) is 0 Å². The van der Waals surface area contributed by atoms with Crippen molar-refractivity contribution in [2.24, 2.45) is 5.73 Å². The van der Waals surface area contributed by atoms with Crippen LogP contribution in [0.4, 0.5) is 5.69 Å². The minimum absolute atomic E-state index is 0.0785. The average Bonchev–Trinajstić information content (AvgIpc) is 2.69. The number of phenols is 1. The number of phenolic OH excluding ortho intramolecular Hbond substituents is 1. The van der Waals surface area contributed by atoms with E-state index in [0.29, 0.717) is 11.1 Å². The van der Waals surface area contributed by atoms with Crippen LogP contribution >= 0.6 is 0 Å². The van der Waals surface area contributed by atoms with Crippen LogP contribution in [0.1, 0.15) is 11.1 Å². The molecule has 0 fully saturated rings. The fourth-order valence-electron chi connectivity index (χ4n) is 2.62. The van der Waals surface area contributed by atoms with Gasteiger partial charge >= 0.3 is 17.6 Å². The number of carboxylic acid groups (broad SMARTS) is 1. The van der Waals surface area contributed by atoms with Crippen LogP contribution in [0, 0.1) is 20.2 Å². The largest absolute Gasteiger partial charge is 0.502 e. The number of aliphatic carboxylic acids is 1. The zero-order valence-electron chi connectivity index (χ0n) is 15.8. The van der Waals surface area contributed by atoms with Crippen molar-refractivity contribution in [1.82, 2.24) is 5.43 Å². The smallest absolute Gasteiger partial charge is 0.332 e.